The van der Waals surface area contributed by atoms with Crippen molar-refractivity contribution in [2.75, 3.05) is 13.7 Å². The molecule has 0 aliphatic carbocycles. The summed E-state index contributed by atoms with van der Waals surface area (Å²) in [5.74, 6) is 0.0922. The molecule has 8 heteroatoms. The van der Waals surface area contributed by atoms with Gasteiger partial charge < -0.3 is 14.4 Å². The molecule has 6 nitrogen and oxygen atoms in total. The number of carbonyl (C=O) groups is 2. The molecule has 0 aliphatic rings. The third-order valence-electron chi connectivity index (χ3n) is 3.58. The maximum Gasteiger partial charge on any atom is 0.325 e. The molecule has 0 atom stereocenters. The Hall–Kier alpha value is -2.12. The van der Waals surface area contributed by atoms with Crippen LogP contribution in [0.25, 0.3) is 0 Å². The van der Waals surface area contributed by atoms with Gasteiger partial charge >= 0.3 is 5.97 Å². The number of esters is 1. The van der Waals surface area contributed by atoms with Gasteiger partial charge in [-0.15, -0.1) is 11.3 Å². The van der Waals surface area contributed by atoms with E-state index in [1.807, 2.05) is 19.2 Å². The van der Waals surface area contributed by atoms with Crippen molar-refractivity contribution in [3.63, 3.8) is 0 Å². The summed E-state index contributed by atoms with van der Waals surface area (Å²) >= 11 is 7.27. The fourth-order valence-corrected chi connectivity index (χ4v) is 3.02. The molecule has 26 heavy (non-hydrogen) atoms. The average Bonchev–Trinajstić information content (AvgIpc) is 3.05. The van der Waals surface area contributed by atoms with Crippen molar-refractivity contribution in [1.29, 1.82) is 0 Å². The molecular weight excluding hydrogens is 376 g/mol. The molecule has 140 valence electrons. The Labute approximate surface area is 161 Å². The smallest absolute Gasteiger partial charge is 0.325 e. The minimum absolute atomic E-state index is 0.0658. The van der Waals surface area contributed by atoms with Gasteiger partial charge in [0.2, 0.25) is 5.91 Å². The van der Waals surface area contributed by atoms with E-state index in [9.17, 15) is 9.59 Å². The van der Waals surface area contributed by atoms with E-state index < -0.39 is 5.97 Å². The molecule has 0 bridgehead atoms. The van der Waals surface area contributed by atoms with Gasteiger partial charge in [0.25, 0.3) is 0 Å². The fraction of sp³-hybridized carbons (Fsp3) is 0.389. The fourth-order valence-electron chi connectivity index (χ4n) is 2.19. The predicted octanol–water partition coefficient (Wildman–Crippen LogP) is 3.33. The van der Waals surface area contributed by atoms with Crippen LogP contribution in [0.1, 0.15) is 24.5 Å². The second kappa shape index (κ2) is 9.54. The van der Waals surface area contributed by atoms with Crippen LogP contribution >= 0.6 is 22.9 Å². The van der Waals surface area contributed by atoms with Crippen LogP contribution < -0.4 is 4.74 Å². The minimum atomic E-state index is -0.442. The van der Waals surface area contributed by atoms with Gasteiger partial charge in [0.05, 0.1) is 19.2 Å². The summed E-state index contributed by atoms with van der Waals surface area (Å²) in [6, 6.07) is 6.98. The molecular formula is C18H21ClN2O4S. The zero-order chi connectivity index (χ0) is 19.1. The summed E-state index contributed by atoms with van der Waals surface area (Å²) in [7, 11) is 1.30. The number of hydrogen-bond donors (Lipinski definition) is 0. The molecule has 0 radical (unpaired) electrons. The number of benzene rings is 1. The van der Waals surface area contributed by atoms with Crippen LogP contribution in [0, 0.1) is 0 Å². The summed E-state index contributed by atoms with van der Waals surface area (Å²) in [4.78, 5) is 29.8. The van der Waals surface area contributed by atoms with Crippen LogP contribution in [0.5, 0.6) is 5.75 Å². The summed E-state index contributed by atoms with van der Waals surface area (Å²) in [6.07, 6.45) is 0.132. The zero-order valence-corrected chi connectivity index (χ0v) is 16.5. The number of aromatic nitrogens is 1. The first-order valence-electron chi connectivity index (χ1n) is 8.07. The number of methoxy groups -OCH3 is 1. The summed E-state index contributed by atoms with van der Waals surface area (Å²) in [5, 5.41) is 3.25. The first kappa shape index (κ1) is 20.2. The van der Waals surface area contributed by atoms with Crippen LogP contribution in [0.15, 0.2) is 29.6 Å². The number of rotatable bonds is 8. The second-order valence-electron chi connectivity index (χ2n) is 5.84. The molecule has 0 saturated carbocycles. The maximum atomic E-state index is 12.5. The summed E-state index contributed by atoms with van der Waals surface area (Å²) in [5.41, 5.74) is 0.658. The number of halogens is 1. The molecule has 0 fully saturated rings. The Morgan fingerprint density at radius 2 is 1.96 bits per heavy atom. The van der Waals surface area contributed by atoms with E-state index >= 15 is 0 Å². The lowest BCUT2D eigenvalue weighted by atomic mass is 10.2. The van der Waals surface area contributed by atoms with Gasteiger partial charge in [0, 0.05) is 16.4 Å². The molecule has 1 heterocycles. The zero-order valence-electron chi connectivity index (χ0n) is 14.9. The maximum absolute atomic E-state index is 12.5. The van der Waals surface area contributed by atoms with E-state index in [4.69, 9.17) is 16.3 Å². The summed E-state index contributed by atoms with van der Waals surface area (Å²) < 4.78 is 10.3. The molecule has 1 aromatic heterocycles. The van der Waals surface area contributed by atoms with Gasteiger partial charge in [0.15, 0.2) is 0 Å². The van der Waals surface area contributed by atoms with Crippen LogP contribution in [0.4, 0.5) is 0 Å². The van der Waals surface area contributed by atoms with Crippen molar-refractivity contribution in [2.24, 2.45) is 0 Å². The van der Waals surface area contributed by atoms with Crippen molar-refractivity contribution in [1.82, 2.24) is 9.88 Å². The molecule has 1 amide bonds. The third-order valence-corrected chi connectivity index (χ3v) is 4.70. The van der Waals surface area contributed by atoms with Crippen molar-refractivity contribution < 1.29 is 19.1 Å². The first-order chi connectivity index (χ1) is 12.4. The SMILES string of the molecule is COC(=O)CN(C(=O)Cc1csc(COc2ccc(Cl)cc2)n1)C(C)C. The van der Waals surface area contributed by atoms with E-state index in [1.54, 1.807) is 24.3 Å². The van der Waals surface area contributed by atoms with E-state index in [1.165, 1.54) is 23.3 Å². The molecule has 0 saturated heterocycles. The summed E-state index contributed by atoms with van der Waals surface area (Å²) in [6.45, 7) is 3.96. The standard InChI is InChI=1S/C18H21ClN2O4S/c1-12(2)21(9-18(23)24-3)17(22)8-14-11-26-16(20-14)10-25-15-6-4-13(19)5-7-15/h4-7,11-12H,8-10H2,1-3H3. The van der Waals surface area contributed by atoms with Gasteiger partial charge in [0.1, 0.15) is 23.9 Å². The molecule has 0 N–H and O–H groups in total. The lowest BCUT2D eigenvalue weighted by Gasteiger charge is -2.25. The Morgan fingerprint density at radius 1 is 1.27 bits per heavy atom. The van der Waals surface area contributed by atoms with Crippen LogP contribution in [0.3, 0.4) is 0 Å². The first-order valence-corrected chi connectivity index (χ1v) is 9.32. The van der Waals surface area contributed by atoms with Gasteiger partial charge in [-0.1, -0.05) is 11.6 Å². The van der Waals surface area contributed by atoms with Crippen molar-refractivity contribution in [2.45, 2.75) is 32.9 Å². The number of thiazole rings is 1. The molecule has 0 spiro atoms. The Bertz CT molecular complexity index is 746. The van der Waals surface area contributed by atoms with E-state index in [2.05, 4.69) is 9.72 Å². The molecule has 2 rings (SSSR count). The topological polar surface area (TPSA) is 68.7 Å². The van der Waals surface area contributed by atoms with Crippen LogP contribution in [-0.2, 0) is 27.4 Å². The van der Waals surface area contributed by atoms with E-state index in [0.29, 0.717) is 23.1 Å². The predicted molar refractivity (Wildman–Crippen MR) is 100 cm³/mol. The van der Waals surface area contributed by atoms with Gasteiger partial charge in [-0.05, 0) is 38.1 Å². The highest BCUT2D eigenvalue weighted by molar-refractivity contribution is 7.09. The lowest BCUT2D eigenvalue weighted by Crippen LogP contribution is -2.41. The molecule has 0 aliphatic heterocycles. The van der Waals surface area contributed by atoms with E-state index in [-0.39, 0.29) is 24.9 Å². The lowest BCUT2D eigenvalue weighted by molar-refractivity contribution is -0.148. The number of carbonyl (C=O) groups excluding carboxylic acids is 2. The Morgan fingerprint density at radius 3 is 2.58 bits per heavy atom. The number of amides is 1. The normalized spacial score (nSPS) is 10.7. The Kier molecular flexibility index (Phi) is 7.41. The second-order valence-corrected chi connectivity index (χ2v) is 7.22. The number of ether oxygens (including phenoxy) is 2. The highest BCUT2D eigenvalue weighted by atomic mass is 35.5. The van der Waals surface area contributed by atoms with Crippen molar-refractivity contribution in [3.8, 4) is 5.75 Å². The quantitative estimate of drug-likeness (QED) is 0.640. The van der Waals surface area contributed by atoms with Gasteiger partial charge in [-0.25, -0.2) is 4.98 Å². The van der Waals surface area contributed by atoms with Gasteiger partial charge in [-0.3, -0.25) is 9.59 Å². The Balaban J connectivity index is 1.92. The number of nitrogens with zero attached hydrogens (tertiary/aromatic N) is 2. The van der Waals surface area contributed by atoms with Crippen LogP contribution in [0.2, 0.25) is 5.02 Å². The van der Waals surface area contributed by atoms with Crippen LogP contribution in [-0.4, -0.2) is 41.5 Å². The molecule has 2 aromatic rings. The largest absolute Gasteiger partial charge is 0.486 e. The minimum Gasteiger partial charge on any atom is -0.486 e. The van der Waals surface area contributed by atoms with E-state index in [0.717, 1.165) is 5.01 Å². The molecule has 1 aromatic carbocycles. The monoisotopic (exact) mass is 396 g/mol. The molecule has 0 unspecified atom stereocenters. The third kappa shape index (κ3) is 6.00. The highest BCUT2D eigenvalue weighted by Crippen LogP contribution is 2.18. The van der Waals surface area contributed by atoms with Crippen molar-refractivity contribution in [3.05, 3.63) is 45.4 Å². The van der Waals surface area contributed by atoms with Gasteiger partial charge in [-0.2, -0.15) is 0 Å². The highest BCUT2D eigenvalue weighted by Gasteiger charge is 2.21. The average molecular weight is 397 g/mol. The van der Waals surface area contributed by atoms with Crippen molar-refractivity contribution >= 4 is 34.8 Å². The number of hydrogen-bond acceptors (Lipinski definition) is 6.